The minimum atomic E-state index is -0.838. The van der Waals surface area contributed by atoms with Crippen molar-refractivity contribution in [1.82, 2.24) is 9.80 Å². The molecule has 1 aromatic heterocycles. The van der Waals surface area contributed by atoms with Gasteiger partial charge in [0.05, 0.1) is 13.0 Å². The normalized spacial score (nSPS) is 11.1. The van der Waals surface area contributed by atoms with Crippen molar-refractivity contribution in [2.24, 2.45) is 0 Å². The molecule has 6 heteroatoms. The molecule has 0 radical (unpaired) electrons. The van der Waals surface area contributed by atoms with Crippen molar-refractivity contribution >= 4 is 23.2 Å². The molecule has 0 spiro atoms. The molecule has 0 aliphatic heterocycles. The third-order valence-corrected chi connectivity index (χ3v) is 3.84. The summed E-state index contributed by atoms with van der Waals surface area (Å²) in [6.45, 7) is 5.17. The molecule has 20 heavy (non-hydrogen) atoms. The topological polar surface area (TPSA) is 60.9 Å². The second-order valence-electron chi connectivity index (χ2n) is 5.09. The highest BCUT2D eigenvalue weighted by atomic mass is 32.1. The Hall–Kier alpha value is -1.40. The van der Waals surface area contributed by atoms with Gasteiger partial charge in [-0.2, -0.15) is 11.3 Å². The molecule has 0 saturated carbocycles. The van der Waals surface area contributed by atoms with E-state index in [1.807, 2.05) is 35.6 Å². The number of carbonyl (C=O) groups excluding carboxylic acids is 1. The number of hydrogen-bond acceptors (Lipinski definition) is 4. The Bertz CT molecular complexity index is 432. The van der Waals surface area contributed by atoms with Crippen LogP contribution in [0.2, 0.25) is 0 Å². The molecule has 5 nitrogen and oxygen atoms in total. The molecular formula is C14H22N2O3S. The summed E-state index contributed by atoms with van der Waals surface area (Å²) in [5.41, 5.74) is 1.12. The Labute approximate surface area is 123 Å². The van der Waals surface area contributed by atoms with Crippen LogP contribution < -0.4 is 0 Å². The summed E-state index contributed by atoms with van der Waals surface area (Å²) in [5, 5.41) is 12.7. The van der Waals surface area contributed by atoms with Gasteiger partial charge in [-0.1, -0.05) is 0 Å². The monoisotopic (exact) mass is 298 g/mol. The first-order valence-corrected chi connectivity index (χ1v) is 7.55. The van der Waals surface area contributed by atoms with Gasteiger partial charge in [0, 0.05) is 26.2 Å². The van der Waals surface area contributed by atoms with Crippen molar-refractivity contribution < 1.29 is 14.7 Å². The minimum Gasteiger partial charge on any atom is -0.481 e. The lowest BCUT2D eigenvalue weighted by molar-refractivity contribution is -0.138. The third-order valence-electron chi connectivity index (χ3n) is 3.11. The smallest absolute Gasteiger partial charge is 0.304 e. The number of likely N-dealkylation sites (N-methyl/N-ethyl adjacent to an activating group) is 1. The van der Waals surface area contributed by atoms with Crippen molar-refractivity contribution in [2.75, 3.05) is 20.1 Å². The van der Waals surface area contributed by atoms with Crippen LogP contribution in [0.15, 0.2) is 16.8 Å². The molecule has 112 valence electrons. The van der Waals surface area contributed by atoms with E-state index in [9.17, 15) is 9.59 Å². The minimum absolute atomic E-state index is 0.00953. The summed E-state index contributed by atoms with van der Waals surface area (Å²) in [5.74, 6) is -0.829. The van der Waals surface area contributed by atoms with Crippen molar-refractivity contribution in [3.8, 4) is 0 Å². The fraction of sp³-hybridized carbons (Fsp3) is 0.571. The van der Waals surface area contributed by atoms with Crippen LogP contribution in [0, 0.1) is 0 Å². The number of rotatable bonds is 8. The van der Waals surface area contributed by atoms with Gasteiger partial charge in [-0.15, -0.1) is 0 Å². The van der Waals surface area contributed by atoms with Gasteiger partial charge in [0.25, 0.3) is 0 Å². The summed E-state index contributed by atoms with van der Waals surface area (Å²) in [6.07, 6.45) is 0.0553. The number of aliphatic carboxylic acids is 1. The zero-order valence-corrected chi connectivity index (χ0v) is 13.0. The first-order chi connectivity index (χ1) is 9.40. The van der Waals surface area contributed by atoms with Crippen LogP contribution in [-0.2, 0) is 16.1 Å². The summed E-state index contributed by atoms with van der Waals surface area (Å²) >= 11 is 1.61. The zero-order chi connectivity index (χ0) is 15.1. The van der Waals surface area contributed by atoms with E-state index in [1.165, 1.54) is 0 Å². The van der Waals surface area contributed by atoms with Crippen LogP contribution in [-0.4, -0.2) is 53.0 Å². The van der Waals surface area contributed by atoms with Crippen molar-refractivity contribution in [2.45, 2.75) is 32.9 Å². The van der Waals surface area contributed by atoms with E-state index in [0.717, 1.165) is 5.56 Å². The SMILES string of the molecule is CC(C)N(CCC(=O)O)CC(=O)N(C)Cc1ccsc1. The van der Waals surface area contributed by atoms with Crippen molar-refractivity contribution in [1.29, 1.82) is 0 Å². The van der Waals surface area contributed by atoms with Gasteiger partial charge in [-0.25, -0.2) is 0 Å². The molecule has 0 fully saturated rings. The zero-order valence-electron chi connectivity index (χ0n) is 12.2. The Balaban J connectivity index is 2.49. The van der Waals surface area contributed by atoms with Gasteiger partial charge >= 0.3 is 5.97 Å². The van der Waals surface area contributed by atoms with Crippen LogP contribution in [0.5, 0.6) is 0 Å². The molecule has 0 unspecified atom stereocenters. The van der Waals surface area contributed by atoms with Gasteiger partial charge in [-0.3, -0.25) is 14.5 Å². The first kappa shape index (κ1) is 16.7. The van der Waals surface area contributed by atoms with Crippen LogP contribution in [0.3, 0.4) is 0 Å². The summed E-state index contributed by atoms with van der Waals surface area (Å²) in [7, 11) is 1.77. The number of carboxylic acids is 1. The molecule has 1 aromatic rings. The molecule has 0 aliphatic rings. The molecule has 0 atom stereocenters. The second-order valence-corrected chi connectivity index (χ2v) is 5.87. The van der Waals surface area contributed by atoms with Gasteiger partial charge in [0.1, 0.15) is 0 Å². The molecule has 0 saturated heterocycles. The Kier molecular flexibility index (Phi) is 6.67. The average molecular weight is 298 g/mol. The maximum absolute atomic E-state index is 12.2. The van der Waals surface area contributed by atoms with E-state index in [2.05, 4.69) is 0 Å². The lowest BCUT2D eigenvalue weighted by Crippen LogP contribution is -2.42. The number of hydrogen-bond donors (Lipinski definition) is 1. The lowest BCUT2D eigenvalue weighted by Gasteiger charge is -2.27. The molecular weight excluding hydrogens is 276 g/mol. The predicted octanol–water partition coefficient (Wildman–Crippen LogP) is 1.89. The number of carbonyl (C=O) groups is 2. The maximum atomic E-state index is 12.2. The highest BCUT2D eigenvalue weighted by Gasteiger charge is 2.18. The van der Waals surface area contributed by atoms with Crippen molar-refractivity contribution in [3.05, 3.63) is 22.4 Å². The Morgan fingerprint density at radius 3 is 2.60 bits per heavy atom. The van der Waals surface area contributed by atoms with E-state index in [0.29, 0.717) is 13.1 Å². The van der Waals surface area contributed by atoms with E-state index in [-0.39, 0.29) is 24.9 Å². The van der Waals surface area contributed by atoms with E-state index in [1.54, 1.807) is 23.3 Å². The maximum Gasteiger partial charge on any atom is 0.304 e. The lowest BCUT2D eigenvalue weighted by atomic mass is 10.2. The third kappa shape index (κ3) is 5.71. The highest BCUT2D eigenvalue weighted by Crippen LogP contribution is 2.09. The average Bonchev–Trinajstić information content (AvgIpc) is 2.86. The Morgan fingerprint density at radius 2 is 2.10 bits per heavy atom. The second kappa shape index (κ2) is 8.01. The van der Waals surface area contributed by atoms with E-state index >= 15 is 0 Å². The van der Waals surface area contributed by atoms with Gasteiger partial charge in [-0.05, 0) is 36.2 Å². The fourth-order valence-corrected chi connectivity index (χ4v) is 2.46. The molecule has 1 N–H and O–H groups in total. The molecule has 1 rings (SSSR count). The molecule has 0 aromatic carbocycles. The van der Waals surface area contributed by atoms with Gasteiger partial charge in [0.15, 0.2) is 0 Å². The van der Waals surface area contributed by atoms with Crippen LogP contribution in [0.4, 0.5) is 0 Å². The predicted molar refractivity (Wildman–Crippen MR) is 79.8 cm³/mol. The number of nitrogens with zero attached hydrogens (tertiary/aromatic N) is 2. The fourth-order valence-electron chi connectivity index (χ4n) is 1.80. The van der Waals surface area contributed by atoms with Gasteiger partial charge in [0.2, 0.25) is 5.91 Å². The standard InChI is InChI=1S/C14H22N2O3S/c1-11(2)16(6-4-14(18)19)9-13(17)15(3)8-12-5-7-20-10-12/h5,7,10-11H,4,6,8-9H2,1-3H3,(H,18,19). The molecule has 1 heterocycles. The number of thiophene rings is 1. The van der Waals surface area contributed by atoms with Crippen LogP contribution in [0.25, 0.3) is 0 Å². The molecule has 0 aliphatic carbocycles. The first-order valence-electron chi connectivity index (χ1n) is 6.61. The van der Waals surface area contributed by atoms with Gasteiger partial charge < -0.3 is 10.0 Å². The largest absolute Gasteiger partial charge is 0.481 e. The van der Waals surface area contributed by atoms with E-state index < -0.39 is 5.97 Å². The highest BCUT2D eigenvalue weighted by molar-refractivity contribution is 7.07. The quantitative estimate of drug-likeness (QED) is 0.796. The van der Waals surface area contributed by atoms with Crippen LogP contribution in [0.1, 0.15) is 25.8 Å². The molecule has 1 amide bonds. The van der Waals surface area contributed by atoms with E-state index in [4.69, 9.17) is 5.11 Å². The Morgan fingerprint density at radius 1 is 1.40 bits per heavy atom. The number of amides is 1. The summed E-state index contributed by atoms with van der Waals surface area (Å²) < 4.78 is 0. The molecule has 0 bridgehead atoms. The van der Waals surface area contributed by atoms with Crippen LogP contribution >= 0.6 is 11.3 Å². The summed E-state index contributed by atoms with van der Waals surface area (Å²) in [6, 6.07) is 2.15. The van der Waals surface area contributed by atoms with Crippen molar-refractivity contribution in [3.63, 3.8) is 0 Å². The summed E-state index contributed by atoms with van der Waals surface area (Å²) in [4.78, 5) is 26.4. The number of carboxylic acid groups (broad SMARTS) is 1.